The molecule has 1 unspecified atom stereocenters. The maximum absolute atomic E-state index is 11.0. The molecular formula is C8H9Cl2N5O. The maximum atomic E-state index is 11.0. The van der Waals surface area contributed by atoms with E-state index < -0.39 is 0 Å². The van der Waals surface area contributed by atoms with Crippen molar-refractivity contribution in [2.24, 2.45) is 0 Å². The first-order chi connectivity index (χ1) is 7.65. The summed E-state index contributed by atoms with van der Waals surface area (Å²) in [6, 6.07) is 0.0861. The Kier molecular flexibility index (Phi) is 3.40. The van der Waals surface area contributed by atoms with Crippen molar-refractivity contribution in [3.63, 3.8) is 0 Å². The Hall–Kier alpha value is -1.14. The smallest absolute Gasteiger partial charge is 0.245 e. The highest BCUT2D eigenvalue weighted by Crippen LogP contribution is 2.19. The first-order valence-corrected chi connectivity index (χ1v) is 5.49. The van der Waals surface area contributed by atoms with Crippen LogP contribution in [0.1, 0.15) is 12.8 Å². The monoisotopic (exact) mass is 261 g/mol. The second-order valence-corrected chi connectivity index (χ2v) is 4.10. The van der Waals surface area contributed by atoms with Crippen molar-refractivity contribution >= 4 is 34.9 Å². The van der Waals surface area contributed by atoms with Crippen LogP contribution in [0.4, 0.5) is 5.82 Å². The maximum Gasteiger partial charge on any atom is 0.245 e. The van der Waals surface area contributed by atoms with Gasteiger partial charge >= 0.3 is 0 Å². The summed E-state index contributed by atoms with van der Waals surface area (Å²) in [7, 11) is 0. The van der Waals surface area contributed by atoms with Gasteiger partial charge in [-0.25, -0.2) is 0 Å². The summed E-state index contributed by atoms with van der Waals surface area (Å²) in [6.45, 7) is 0.538. The van der Waals surface area contributed by atoms with Gasteiger partial charge in [0, 0.05) is 19.0 Å². The van der Waals surface area contributed by atoms with Crippen molar-refractivity contribution in [2.45, 2.75) is 18.9 Å². The summed E-state index contributed by atoms with van der Waals surface area (Å²) < 4.78 is 0. The van der Waals surface area contributed by atoms with E-state index in [0.717, 1.165) is 6.42 Å². The third-order valence-electron chi connectivity index (χ3n) is 2.23. The SMILES string of the molecule is O=C1CCC(Nc2nc(Cl)nnc2Cl)CN1. The second kappa shape index (κ2) is 4.80. The van der Waals surface area contributed by atoms with Gasteiger partial charge in [-0.1, -0.05) is 11.6 Å². The second-order valence-electron chi connectivity index (χ2n) is 3.40. The molecular weight excluding hydrogens is 253 g/mol. The van der Waals surface area contributed by atoms with E-state index in [-0.39, 0.29) is 22.4 Å². The molecule has 1 saturated heterocycles. The van der Waals surface area contributed by atoms with E-state index in [9.17, 15) is 4.79 Å². The lowest BCUT2D eigenvalue weighted by molar-refractivity contribution is -0.122. The lowest BCUT2D eigenvalue weighted by atomic mass is 10.1. The number of hydrogen-bond acceptors (Lipinski definition) is 5. The predicted molar refractivity (Wildman–Crippen MR) is 59.5 cm³/mol. The summed E-state index contributed by atoms with van der Waals surface area (Å²) >= 11 is 11.4. The molecule has 0 bridgehead atoms. The fraction of sp³-hybridized carbons (Fsp3) is 0.500. The van der Waals surface area contributed by atoms with Crippen LogP contribution in [0.15, 0.2) is 0 Å². The molecule has 1 aromatic rings. The number of amides is 1. The third kappa shape index (κ3) is 2.70. The molecule has 0 spiro atoms. The molecule has 16 heavy (non-hydrogen) atoms. The lowest BCUT2D eigenvalue weighted by Crippen LogP contribution is -2.42. The van der Waals surface area contributed by atoms with Gasteiger partial charge in [0.25, 0.3) is 0 Å². The van der Waals surface area contributed by atoms with Crippen molar-refractivity contribution in [1.29, 1.82) is 0 Å². The zero-order valence-electron chi connectivity index (χ0n) is 8.20. The van der Waals surface area contributed by atoms with Gasteiger partial charge in [0.15, 0.2) is 11.0 Å². The summed E-state index contributed by atoms with van der Waals surface area (Å²) in [5.74, 6) is 0.450. The van der Waals surface area contributed by atoms with Crippen LogP contribution in [-0.4, -0.2) is 33.7 Å². The fourth-order valence-corrected chi connectivity index (χ4v) is 1.69. The predicted octanol–water partition coefficient (Wildman–Crippen LogP) is 0.869. The Morgan fingerprint density at radius 2 is 2.19 bits per heavy atom. The molecule has 0 aromatic carbocycles. The normalized spacial score (nSPS) is 20.4. The van der Waals surface area contributed by atoms with Crippen LogP contribution in [0.25, 0.3) is 0 Å². The highest BCUT2D eigenvalue weighted by atomic mass is 35.5. The molecule has 0 aliphatic carbocycles. The number of piperidine rings is 1. The molecule has 1 atom stereocenters. The van der Waals surface area contributed by atoms with Crippen molar-refractivity contribution < 1.29 is 4.79 Å². The van der Waals surface area contributed by atoms with Crippen LogP contribution in [0, 0.1) is 0 Å². The number of carbonyl (C=O) groups is 1. The van der Waals surface area contributed by atoms with Crippen molar-refractivity contribution in [1.82, 2.24) is 20.5 Å². The van der Waals surface area contributed by atoms with E-state index >= 15 is 0 Å². The highest BCUT2D eigenvalue weighted by molar-refractivity contribution is 6.32. The third-order valence-corrected chi connectivity index (χ3v) is 2.64. The number of halogens is 2. The summed E-state index contributed by atoms with van der Waals surface area (Å²) in [6.07, 6.45) is 1.21. The minimum absolute atomic E-state index is 0.0340. The zero-order chi connectivity index (χ0) is 11.5. The molecule has 8 heteroatoms. The van der Waals surface area contributed by atoms with E-state index in [1.54, 1.807) is 0 Å². The molecule has 1 aromatic heterocycles. The molecule has 1 aliphatic rings. The molecule has 0 radical (unpaired) electrons. The number of anilines is 1. The number of nitrogens with zero attached hydrogens (tertiary/aromatic N) is 3. The Morgan fingerprint density at radius 3 is 2.88 bits per heavy atom. The van der Waals surface area contributed by atoms with Crippen molar-refractivity contribution in [3.05, 3.63) is 10.4 Å². The van der Waals surface area contributed by atoms with E-state index in [1.807, 2.05) is 0 Å². The molecule has 1 aliphatic heterocycles. The quantitative estimate of drug-likeness (QED) is 0.826. The standard InChI is InChI=1S/C8H9Cl2N5O/c9-6-7(13-8(10)15-14-6)12-4-1-2-5(16)11-3-4/h4H,1-3H2,(H,11,16)(H,12,13,15). The number of hydrogen-bond donors (Lipinski definition) is 2. The minimum atomic E-state index is 0.0340. The summed E-state index contributed by atoms with van der Waals surface area (Å²) in [5.41, 5.74) is 0. The van der Waals surface area contributed by atoms with E-state index in [2.05, 4.69) is 25.8 Å². The zero-order valence-corrected chi connectivity index (χ0v) is 9.72. The van der Waals surface area contributed by atoms with Gasteiger partial charge in [-0.05, 0) is 18.0 Å². The lowest BCUT2D eigenvalue weighted by Gasteiger charge is -2.23. The van der Waals surface area contributed by atoms with Gasteiger partial charge in [-0.3, -0.25) is 4.79 Å². The van der Waals surface area contributed by atoms with Crippen LogP contribution in [0.5, 0.6) is 0 Å². The molecule has 1 amide bonds. The average Bonchev–Trinajstić information content (AvgIpc) is 2.27. The Morgan fingerprint density at radius 1 is 1.38 bits per heavy atom. The van der Waals surface area contributed by atoms with Crippen LogP contribution in [0.2, 0.25) is 10.4 Å². The number of nitrogens with one attached hydrogen (secondary N) is 2. The molecule has 6 nitrogen and oxygen atoms in total. The summed E-state index contributed by atoms with van der Waals surface area (Å²) in [5, 5.41) is 13.2. The highest BCUT2D eigenvalue weighted by Gasteiger charge is 2.19. The van der Waals surface area contributed by atoms with Crippen LogP contribution >= 0.6 is 23.2 Å². The minimum Gasteiger partial charge on any atom is -0.363 e. The van der Waals surface area contributed by atoms with Crippen LogP contribution in [-0.2, 0) is 4.79 Å². The van der Waals surface area contributed by atoms with E-state index in [1.165, 1.54) is 0 Å². The average molecular weight is 262 g/mol. The first kappa shape index (κ1) is 11.3. The largest absolute Gasteiger partial charge is 0.363 e. The fourth-order valence-electron chi connectivity index (χ4n) is 1.43. The van der Waals surface area contributed by atoms with E-state index in [0.29, 0.717) is 18.8 Å². The van der Waals surface area contributed by atoms with E-state index in [4.69, 9.17) is 23.2 Å². The van der Waals surface area contributed by atoms with Crippen molar-refractivity contribution in [3.8, 4) is 0 Å². The van der Waals surface area contributed by atoms with Gasteiger partial charge in [0.2, 0.25) is 11.2 Å². The van der Waals surface area contributed by atoms with Crippen LogP contribution < -0.4 is 10.6 Å². The number of carbonyl (C=O) groups excluding carboxylic acids is 1. The van der Waals surface area contributed by atoms with Gasteiger partial charge in [0.05, 0.1) is 0 Å². The van der Waals surface area contributed by atoms with Crippen LogP contribution in [0.3, 0.4) is 0 Å². The van der Waals surface area contributed by atoms with Gasteiger partial charge < -0.3 is 10.6 Å². The molecule has 2 heterocycles. The number of rotatable bonds is 2. The molecule has 2 rings (SSSR count). The first-order valence-electron chi connectivity index (χ1n) is 4.74. The van der Waals surface area contributed by atoms with Gasteiger partial charge in [-0.2, -0.15) is 4.98 Å². The van der Waals surface area contributed by atoms with Gasteiger partial charge in [-0.15, -0.1) is 10.2 Å². The van der Waals surface area contributed by atoms with Crippen molar-refractivity contribution in [2.75, 3.05) is 11.9 Å². The Labute approximate surface area is 102 Å². The Balaban J connectivity index is 2.03. The topological polar surface area (TPSA) is 79.8 Å². The molecule has 0 saturated carbocycles. The molecule has 86 valence electrons. The molecule has 2 N–H and O–H groups in total. The number of aromatic nitrogens is 3. The van der Waals surface area contributed by atoms with Gasteiger partial charge in [0.1, 0.15) is 0 Å². The molecule has 1 fully saturated rings. The summed E-state index contributed by atoms with van der Waals surface area (Å²) in [4.78, 5) is 14.9. The Bertz CT molecular complexity index is 403.